The lowest BCUT2D eigenvalue weighted by Crippen LogP contribution is -2.57. The molecule has 0 aromatic heterocycles. The second-order valence-corrected chi connectivity index (χ2v) is 8.93. The van der Waals surface area contributed by atoms with E-state index in [-0.39, 0.29) is 49.7 Å². The van der Waals surface area contributed by atoms with E-state index in [2.05, 4.69) is 33.6 Å². The number of hydrogen-bond donors (Lipinski definition) is 10. The van der Waals surface area contributed by atoms with Crippen LogP contribution in [0.15, 0.2) is 29.3 Å². The second-order valence-electron chi connectivity index (χ2n) is 8.56. The molecule has 16 heteroatoms. The minimum Gasteiger partial charge on any atom is -0.508 e. The van der Waals surface area contributed by atoms with Crippen molar-refractivity contribution in [2.45, 2.75) is 56.3 Å². The van der Waals surface area contributed by atoms with Gasteiger partial charge in [0.15, 0.2) is 5.96 Å². The number of aliphatic carboxylic acids is 2. The topological polar surface area (TPSA) is 273 Å². The lowest BCUT2D eigenvalue weighted by Gasteiger charge is -2.25. The van der Waals surface area contributed by atoms with Gasteiger partial charge in [-0.2, -0.15) is 12.6 Å². The molecule has 39 heavy (non-hydrogen) atoms. The zero-order valence-electron chi connectivity index (χ0n) is 21.1. The van der Waals surface area contributed by atoms with E-state index in [9.17, 15) is 34.2 Å². The molecule has 0 heterocycles. The molecule has 15 nitrogen and oxygen atoms in total. The molecular weight excluding hydrogens is 534 g/mol. The van der Waals surface area contributed by atoms with Crippen molar-refractivity contribution in [1.82, 2.24) is 16.0 Å². The van der Waals surface area contributed by atoms with Crippen LogP contribution < -0.4 is 33.2 Å². The fourth-order valence-corrected chi connectivity index (χ4v) is 3.45. The molecule has 1 rings (SSSR count). The van der Waals surface area contributed by atoms with Gasteiger partial charge in [-0.05, 0) is 37.0 Å². The summed E-state index contributed by atoms with van der Waals surface area (Å²) in [6.07, 6.45) is -0.721. The molecule has 216 valence electrons. The fourth-order valence-electron chi connectivity index (χ4n) is 3.28. The van der Waals surface area contributed by atoms with Crippen molar-refractivity contribution in [3.8, 4) is 5.75 Å². The summed E-state index contributed by atoms with van der Waals surface area (Å²) in [6.45, 7) is 0.140. The highest BCUT2D eigenvalue weighted by atomic mass is 32.1. The molecule has 0 aliphatic rings. The number of carbonyl (C=O) groups is 5. The third-order valence-electron chi connectivity index (χ3n) is 5.38. The van der Waals surface area contributed by atoms with Gasteiger partial charge >= 0.3 is 11.9 Å². The highest BCUT2D eigenvalue weighted by Crippen LogP contribution is 2.12. The number of carboxylic acid groups (broad SMARTS) is 2. The molecule has 0 aliphatic heterocycles. The van der Waals surface area contributed by atoms with Crippen LogP contribution in [0.3, 0.4) is 0 Å². The first-order valence-electron chi connectivity index (χ1n) is 11.9. The summed E-state index contributed by atoms with van der Waals surface area (Å²) in [4.78, 5) is 65.1. The van der Waals surface area contributed by atoms with Crippen molar-refractivity contribution in [3.05, 3.63) is 29.8 Å². The SMILES string of the molecule is NC(N)=NCCCC(NC(=O)C(N)CS)C(=O)NC(CCC(=O)O)C(=O)NC(Cc1ccc(O)cc1)C(=O)O. The molecular formula is C23H35N7O8S. The molecule has 0 bridgehead atoms. The Balaban J connectivity index is 3.06. The maximum atomic E-state index is 13.1. The molecule has 0 aliphatic carbocycles. The Morgan fingerprint density at radius 3 is 1.92 bits per heavy atom. The lowest BCUT2D eigenvalue weighted by molar-refractivity contribution is -0.143. The lowest BCUT2D eigenvalue weighted by atomic mass is 10.0. The van der Waals surface area contributed by atoms with E-state index in [1.165, 1.54) is 24.3 Å². The van der Waals surface area contributed by atoms with Gasteiger partial charge in [0.05, 0.1) is 6.04 Å². The van der Waals surface area contributed by atoms with Crippen molar-refractivity contribution < 1.29 is 39.3 Å². The molecule has 1 aromatic carbocycles. The Morgan fingerprint density at radius 1 is 0.872 bits per heavy atom. The van der Waals surface area contributed by atoms with Gasteiger partial charge in [0.2, 0.25) is 17.7 Å². The number of carbonyl (C=O) groups excluding carboxylic acids is 3. The van der Waals surface area contributed by atoms with Crippen LogP contribution in [-0.4, -0.2) is 87.4 Å². The summed E-state index contributed by atoms with van der Waals surface area (Å²) in [5.74, 6) is -5.26. The minimum absolute atomic E-state index is 0.00454. The summed E-state index contributed by atoms with van der Waals surface area (Å²) in [7, 11) is 0. The number of aromatic hydroxyl groups is 1. The van der Waals surface area contributed by atoms with Crippen molar-refractivity contribution in [3.63, 3.8) is 0 Å². The van der Waals surface area contributed by atoms with Crippen LogP contribution in [0.2, 0.25) is 0 Å². The highest BCUT2D eigenvalue weighted by molar-refractivity contribution is 7.80. The number of hydrogen-bond acceptors (Lipinski definition) is 9. The zero-order valence-corrected chi connectivity index (χ0v) is 22.0. The summed E-state index contributed by atoms with van der Waals surface area (Å²) in [5, 5.41) is 35.3. The average molecular weight is 570 g/mol. The molecule has 0 saturated carbocycles. The first-order chi connectivity index (χ1) is 18.3. The summed E-state index contributed by atoms with van der Waals surface area (Å²) < 4.78 is 0. The highest BCUT2D eigenvalue weighted by Gasteiger charge is 2.30. The monoisotopic (exact) mass is 569 g/mol. The molecule has 0 fully saturated rings. The number of guanidine groups is 1. The van der Waals surface area contributed by atoms with Gasteiger partial charge in [-0.1, -0.05) is 12.1 Å². The number of thiol groups is 1. The Kier molecular flexibility index (Phi) is 14.1. The minimum atomic E-state index is -1.44. The third kappa shape index (κ3) is 12.8. The largest absolute Gasteiger partial charge is 0.508 e. The van der Waals surface area contributed by atoms with Crippen LogP contribution in [0.25, 0.3) is 0 Å². The van der Waals surface area contributed by atoms with E-state index < -0.39 is 60.2 Å². The molecule has 1 aromatic rings. The van der Waals surface area contributed by atoms with Gasteiger partial charge in [0.1, 0.15) is 23.9 Å². The fraction of sp³-hybridized carbons (Fsp3) is 0.478. The van der Waals surface area contributed by atoms with Gasteiger partial charge in [0, 0.05) is 25.1 Å². The summed E-state index contributed by atoms with van der Waals surface area (Å²) in [6, 6.07) is 0.591. The van der Waals surface area contributed by atoms with Crippen LogP contribution in [-0.2, 0) is 30.4 Å². The predicted octanol–water partition coefficient (Wildman–Crippen LogP) is -2.35. The third-order valence-corrected chi connectivity index (χ3v) is 5.78. The Labute approximate surface area is 230 Å². The van der Waals surface area contributed by atoms with E-state index in [1.807, 2.05) is 0 Å². The standard InChI is InChI=1S/C23H35N7O8S/c24-14(11-39)19(34)28-15(2-1-9-27-23(25)26)20(35)29-16(7-8-18(32)33)21(36)30-17(22(37)38)10-12-3-5-13(31)6-4-12/h3-6,14-17,31,39H,1-2,7-11,24H2,(H,28,34)(H,29,35)(H,30,36)(H,32,33)(H,37,38)(H4,25,26,27). The number of carboxylic acids is 2. The maximum absolute atomic E-state index is 13.1. The number of phenols is 1. The smallest absolute Gasteiger partial charge is 0.326 e. The van der Waals surface area contributed by atoms with Crippen LogP contribution in [0.4, 0.5) is 0 Å². The maximum Gasteiger partial charge on any atom is 0.326 e. The van der Waals surface area contributed by atoms with Crippen LogP contribution in [0.5, 0.6) is 5.75 Å². The van der Waals surface area contributed by atoms with E-state index in [1.54, 1.807) is 0 Å². The number of aliphatic imine (C=N–C) groups is 1. The molecule has 12 N–H and O–H groups in total. The molecule has 4 atom stereocenters. The van der Waals surface area contributed by atoms with E-state index in [0.29, 0.717) is 5.56 Å². The van der Waals surface area contributed by atoms with Gasteiger partial charge < -0.3 is 48.5 Å². The van der Waals surface area contributed by atoms with Gasteiger partial charge in [-0.25, -0.2) is 4.79 Å². The normalized spacial score (nSPS) is 13.7. The first-order valence-corrected chi connectivity index (χ1v) is 12.5. The molecule has 0 radical (unpaired) electrons. The van der Waals surface area contributed by atoms with E-state index in [4.69, 9.17) is 22.3 Å². The summed E-state index contributed by atoms with van der Waals surface area (Å²) >= 11 is 3.95. The Morgan fingerprint density at radius 2 is 1.41 bits per heavy atom. The molecule has 0 spiro atoms. The van der Waals surface area contributed by atoms with Crippen LogP contribution in [0.1, 0.15) is 31.2 Å². The van der Waals surface area contributed by atoms with Crippen LogP contribution >= 0.6 is 12.6 Å². The van der Waals surface area contributed by atoms with Crippen molar-refractivity contribution >= 4 is 48.2 Å². The van der Waals surface area contributed by atoms with Gasteiger partial charge in [-0.15, -0.1) is 0 Å². The Bertz CT molecular complexity index is 1030. The van der Waals surface area contributed by atoms with Gasteiger partial charge in [0.25, 0.3) is 0 Å². The van der Waals surface area contributed by atoms with Crippen molar-refractivity contribution in [2.24, 2.45) is 22.2 Å². The van der Waals surface area contributed by atoms with Crippen molar-refractivity contribution in [1.29, 1.82) is 0 Å². The number of nitrogens with two attached hydrogens (primary N) is 3. The van der Waals surface area contributed by atoms with E-state index >= 15 is 0 Å². The molecule has 0 saturated heterocycles. The van der Waals surface area contributed by atoms with E-state index in [0.717, 1.165) is 0 Å². The van der Waals surface area contributed by atoms with Crippen LogP contribution in [0, 0.1) is 0 Å². The number of rotatable bonds is 17. The van der Waals surface area contributed by atoms with Gasteiger partial charge in [-0.3, -0.25) is 24.2 Å². The number of nitrogens with zero attached hydrogens (tertiary/aromatic N) is 1. The molecule has 3 amide bonds. The second kappa shape index (κ2) is 16.7. The number of benzene rings is 1. The number of phenolic OH excluding ortho intramolecular Hbond substituents is 1. The Hall–Kier alpha value is -4.05. The van der Waals surface area contributed by atoms with Crippen molar-refractivity contribution in [2.75, 3.05) is 12.3 Å². The predicted molar refractivity (Wildman–Crippen MR) is 144 cm³/mol. The number of amides is 3. The number of nitrogens with one attached hydrogen (secondary N) is 3. The summed E-state index contributed by atoms with van der Waals surface area (Å²) in [5.41, 5.74) is 16.7. The zero-order chi connectivity index (χ0) is 29.5. The molecule has 4 unspecified atom stereocenters. The first kappa shape index (κ1) is 33.0. The average Bonchev–Trinajstić information content (AvgIpc) is 2.87. The quantitative estimate of drug-likeness (QED) is 0.0410.